The topological polar surface area (TPSA) is 76.0 Å². The summed E-state index contributed by atoms with van der Waals surface area (Å²) >= 11 is 0. The van der Waals surface area contributed by atoms with E-state index in [2.05, 4.69) is 10.2 Å². The van der Waals surface area contributed by atoms with Gasteiger partial charge in [-0.05, 0) is 24.6 Å². The van der Waals surface area contributed by atoms with E-state index in [0.717, 1.165) is 18.7 Å². The van der Waals surface area contributed by atoms with E-state index in [1.165, 1.54) is 0 Å². The van der Waals surface area contributed by atoms with E-state index < -0.39 is 0 Å². The molecule has 6 heteroatoms. The summed E-state index contributed by atoms with van der Waals surface area (Å²) in [6.45, 7) is 5.68. The van der Waals surface area contributed by atoms with Gasteiger partial charge in [-0.25, -0.2) is 4.79 Å². The average molecular weight is 293 g/mol. The second-order valence-electron chi connectivity index (χ2n) is 5.32. The molecule has 1 aliphatic rings. The largest absolute Gasteiger partial charge is 0.508 e. The van der Waals surface area contributed by atoms with Gasteiger partial charge in [0.1, 0.15) is 5.75 Å². The summed E-state index contributed by atoms with van der Waals surface area (Å²) in [4.78, 5) is 16.2. The van der Waals surface area contributed by atoms with Crippen LogP contribution in [0.3, 0.4) is 0 Å². The lowest BCUT2D eigenvalue weighted by Crippen LogP contribution is -2.52. The maximum Gasteiger partial charge on any atom is 0.317 e. The van der Waals surface area contributed by atoms with Gasteiger partial charge in [0, 0.05) is 32.7 Å². The Morgan fingerprint density at radius 2 is 1.86 bits per heavy atom. The van der Waals surface area contributed by atoms with Crippen LogP contribution in [0.1, 0.15) is 18.5 Å². The van der Waals surface area contributed by atoms with Crippen LogP contribution < -0.4 is 5.32 Å². The minimum absolute atomic E-state index is 0.0702. The maximum atomic E-state index is 12.2. The van der Waals surface area contributed by atoms with Crippen molar-refractivity contribution in [3.05, 3.63) is 29.8 Å². The predicted molar refractivity (Wildman–Crippen MR) is 80.2 cm³/mol. The van der Waals surface area contributed by atoms with Gasteiger partial charge in [-0.3, -0.25) is 4.90 Å². The number of phenols is 1. The number of nitrogens with one attached hydrogen (secondary N) is 1. The van der Waals surface area contributed by atoms with E-state index in [1.807, 2.05) is 6.92 Å². The third-order valence-electron chi connectivity index (χ3n) is 3.81. The Balaban J connectivity index is 1.83. The van der Waals surface area contributed by atoms with Crippen LogP contribution in [0.5, 0.6) is 5.75 Å². The van der Waals surface area contributed by atoms with Crippen molar-refractivity contribution in [2.24, 2.45) is 0 Å². The smallest absolute Gasteiger partial charge is 0.317 e. The molecule has 3 N–H and O–H groups in total. The number of carbonyl (C=O) groups excluding carboxylic acids is 1. The van der Waals surface area contributed by atoms with E-state index in [9.17, 15) is 9.90 Å². The molecular weight excluding hydrogens is 270 g/mol. The third-order valence-corrected chi connectivity index (χ3v) is 3.81. The predicted octanol–water partition coefficient (Wildman–Crippen LogP) is 0.773. The van der Waals surface area contributed by atoms with Crippen molar-refractivity contribution in [2.45, 2.75) is 13.0 Å². The zero-order valence-corrected chi connectivity index (χ0v) is 12.3. The summed E-state index contributed by atoms with van der Waals surface area (Å²) in [5.74, 6) is 0.220. The number of rotatable bonds is 4. The SMILES string of the molecule is CC(NC(=O)N1CCN(CCO)CC1)c1ccc(O)cc1. The monoisotopic (exact) mass is 293 g/mol. The summed E-state index contributed by atoms with van der Waals surface area (Å²) in [5.41, 5.74) is 0.958. The van der Waals surface area contributed by atoms with Gasteiger partial charge >= 0.3 is 6.03 Å². The lowest BCUT2D eigenvalue weighted by molar-refractivity contribution is 0.121. The first-order valence-corrected chi connectivity index (χ1v) is 7.27. The molecule has 21 heavy (non-hydrogen) atoms. The Morgan fingerprint density at radius 3 is 2.43 bits per heavy atom. The zero-order chi connectivity index (χ0) is 15.2. The van der Waals surface area contributed by atoms with E-state index in [0.29, 0.717) is 19.6 Å². The van der Waals surface area contributed by atoms with Crippen LogP contribution in [-0.4, -0.2) is 65.4 Å². The van der Waals surface area contributed by atoms with Crippen LogP contribution >= 0.6 is 0 Å². The van der Waals surface area contributed by atoms with Crippen molar-refractivity contribution in [3.8, 4) is 5.75 Å². The fraction of sp³-hybridized carbons (Fsp3) is 0.533. The fourth-order valence-corrected chi connectivity index (χ4v) is 2.44. The van der Waals surface area contributed by atoms with Crippen LogP contribution in [0.25, 0.3) is 0 Å². The second kappa shape index (κ2) is 7.28. The molecule has 0 radical (unpaired) electrons. The van der Waals surface area contributed by atoms with Gasteiger partial charge in [-0.15, -0.1) is 0 Å². The first-order valence-electron chi connectivity index (χ1n) is 7.27. The molecule has 1 fully saturated rings. The molecular formula is C15H23N3O3. The van der Waals surface area contributed by atoms with Gasteiger partial charge < -0.3 is 20.4 Å². The molecule has 116 valence electrons. The van der Waals surface area contributed by atoms with Crippen LogP contribution in [0.15, 0.2) is 24.3 Å². The van der Waals surface area contributed by atoms with Gasteiger partial charge in [0.25, 0.3) is 0 Å². The number of benzene rings is 1. The average Bonchev–Trinajstić information content (AvgIpc) is 2.49. The number of aliphatic hydroxyl groups excluding tert-OH is 1. The number of carbonyl (C=O) groups is 1. The van der Waals surface area contributed by atoms with Gasteiger partial charge in [0.15, 0.2) is 0 Å². The standard InChI is InChI=1S/C15H23N3O3/c1-12(13-2-4-14(20)5-3-13)16-15(21)18-8-6-17(7-9-18)10-11-19/h2-5,12,19-20H,6-11H2,1H3,(H,16,21). The summed E-state index contributed by atoms with van der Waals surface area (Å²) < 4.78 is 0. The first-order chi connectivity index (χ1) is 10.1. The summed E-state index contributed by atoms with van der Waals surface area (Å²) in [6.07, 6.45) is 0. The molecule has 0 bridgehead atoms. The Kier molecular flexibility index (Phi) is 5.41. The summed E-state index contributed by atoms with van der Waals surface area (Å²) in [5, 5.41) is 21.2. The van der Waals surface area contributed by atoms with Crippen molar-refractivity contribution in [3.63, 3.8) is 0 Å². The molecule has 1 saturated heterocycles. The number of β-amino-alcohol motifs (C(OH)–C–C–N with tert-alkyl or cyclic N) is 1. The Bertz CT molecular complexity index is 456. The van der Waals surface area contributed by atoms with E-state index in [-0.39, 0.29) is 24.4 Å². The number of hydrogen-bond donors (Lipinski definition) is 3. The van der Waals surface area contributed by atoms with E-state index in [4.69, 9.17) is 5.11 Å². The van der Waals surface area contributed by atoms with Crippen LogP contribution in [0.4, 0.5) is 4.79 Å². The van der Waals surface area contributed by atoms with E-state index in [1.54, 1.807) is 29.2 Å². The molecule has 6 nitrogen and oxygen atoms in total. The normalized spacial score (nSPS) is 17.5. The fourth-order valence-electron chi connectivity index (χ4n) is 2.44. The van der Waals surface area contributed by atoms with Crippen LogP contribution in [0, 0.1) is 0 Å². The van der Waals surface area contributed by atoms with Crippen LogP contribution in [-0.2, 0) is 0 Å². The van der Waals surface area contributed by atoms with E-state index >= 15 is 0 Å². The molecule has 0 saturated carbocycles. The first kappa shape index (κ1) is 15.6. The highest BCUT2D eigenvalue weighted by atomic mass is 16.3. The Morgan fingerprint density at radius 1 is 1.24 bits per heavy atom. The van der Waals surface area contributed by atoms with Crippen molar-refractivity contribution < 1.29 is 15.0 Å². The number of aromatic hydroxyl groups is 1. The van der Waals surface area contributed by atoms with Gasteiger partial charge in [0.2, 0.25) is 0 Å². The lowest BCUT2D eigenvalue weighted by atomic mass is 10.1. The molecule has 2 amide bonds. The van der Waals surface area contributed by atoms with Gasteiger partial charge in [-0.1, -0.05) is 12.1 Å². The third kappa shape index (κ3) is 4.34. The Labute approximate surface area is 125 Å². The molecule has 0 spiro atoms. The highest BCUT2D eigenvalue weighted by Crippen LogP contribution is 2.16. The highest BCUT2D eigenvalue weighted by molar-refractivity contribution is 5.74. The molecule has 2 rings (SSSR count). The number of hydrogen-bond acceptors (Lipinski definition) is 4. The second-order valence-corrected chi connectivity index (χ2v) is 5.32. The molecule has 1 atom stereocenters. The van der Waals surface area contributed by atoms with Crippen molar-refractivity contribution in [2.75, 3.05) is 39.3 Å². The minimum atomic E-state index is -0.103. The number of piperazine rings is 1. The van der Waals surface area contributed by atoms with Gasteiger partial charge in [-0.2, -0.15) is 0 Å². The van der Waals surface area contributed by atoms with Crippen molar-refractivity contribution in [1.29, 1.82) is 0 Å². The summed E-state index contributed by atoms with van der Waals surface area (Å²) in [7, 11) is 0. The quantitative estimate of drug-likeness (QED) is 0.766. The molecule has 1 aromatic rings. The summed E-state index contributed by atoms with van der Waals surface area (Å²) in [6, 6.07) is 6.67. The number of amides is 2. The van der Waals surface area contributed by atoms with Gasteiger partial charge in [0.05, 0.1) is 12.6 Å². The highest BCUT2D eigenvalue weighted by Gasteiger charge is 2.21. The number of phenolic OH excluding ortho intramolecular Hbond substituents is 1. The van der Waals surface area contributed by atoms with Crippen molar-refractivity contribution >= 4 is 6.03 Å². The molecule has 1 aliphatic heterocycles. The maximum absolute atomic E-state index is 12.2. The number of nitrogens with zero attached hydrogens (tertiary/aromatic N) is 2. The molecule has 0 aromatic heterocycles. The van der Waals surface area contributed by atoms with Crippen molar-refractivity contribution in [1.82, 2.24) is 15.1 Å². The number of aliphatic hydroxyl groups is 1. The van der Waals surface area contributed by atoms with Crippen LogP contribution in [0.2, 0.25) is 0 Å². The molecule has 1 unspecified atom stereocenters. The molecule has 0 aliphatic carbocycles. The minimum Gasteiger partial charge on any atom is -0.508 e. The lowest BCUT2D eigenvalue weighted by Gasteiger charge is -2.35. The number of urea groups is 1. The zero-order valence-electron chi connectivity index (χ0n) is 12.3. The molecule has 1 aromatic carbocycles. The Hall–Kier alpha value is -1.79. The molecule has 1 heterocycles.